The predicted octanol–water partition coefficient (Wildman–Crippen LogP) is 1.78. The second-order valence-electron chi connectivity index (χ2n) is 4.77. The fourth-order valence-electron chi connectivity index (χ4n) is 1.87. The van der Waals surface area contributed by atoms with E-state index in [0.717, 1.165) is 5.56 Å². The van der Waals surface area contributed by atoms with Gasteiger partial charge in [0.2, 0.25) is 0 Å². The number of nitrogens with one attached hydrogen (secondary N) is 1. The van der Waals surface area contributed by atoms with E-state index in [2.05, 4.69) is 5.32 Å². The van der Waals surface area contributed by atoms with Gasteiger partial charge in [0.15, 0.2) is 5.54 Å². The molecular weight excluding hydrogens is 274 g/mol. The monoisotopic (exact) mass is 297 g/mol. The first-order valence-corrected chi connectivity index (χ1v) is 7.65. The predicted molar refractivity (Wildman–Crippen MR) is 82.8 cm³/mol. The quantitative estimate of drug-likeness (QED) is 0.751. The number of rotatable bonds is 7. The molecule has 0 saturated carbocycles. The topological polar surface area (TPSA) is 58.6 Å². The summed E-state index contributed by atoms with van der Waals surface area (Å²) < 4.78 is 4.98. The number of carbonyl (C=O) groups is 1. The van der Waals surface area contributed by atoms with E-state index in [4.69, 9.17) is 4.74 Å². The summed E-state index contributed by atoms with van der Waals surface area (Å²) in [4.78, 5) is 12.3. The number of methoxy groups -OCH3 is 1. The molecule has 0 spiro atoms. The van der Waals surface area contributed by atoms with Gasteiger partial charge in [-0.15, -0.1) is 0 Å². The van der Waals surface area contributed by atoms with Crippen molar-refractivity contribution in [2.24, 2.45) is 0 Å². The molecule has 0 radical (unpaired) electrons. The molecule has 0 aliphatic rings. The summed E-state index contributed by atoms with van der Waals surface area (Å²) >= 11 is 1.54. The molecule has 0 aliphatic heterocycles. The Bertz CT molecular complexity index is 424. The lowest BCUT2D eigenvalue weighted by atomic mass is 9.92. The van der Waals surface area contributed by atoms with Gasteiger partial charge in [-0.2, -0.15) is 11.8 Å². The van der Waals surface area contributed by atoms with Crippen molar-refractivity contribution in [1.82, 2.24) is 5.32 Å². The molecule has 1 rings (SSSR count). The molecule has 0 bridgehead atoms. The first kappa shape index (κ1) is 17.0. The van der Waals surface area contributed by atoms with Gasteiger partial charge in [-0.1, -0.05) is 37.3 Å². The number of hydrogen-bond acceptors (Lipinski definition) is 5. The number of likely N-dealkylation sites (N-methyl/N-ethyl adjacent to an activating group) is 1. The molecule has 3 unspecified atom stereocenters. The standard InChI is InChI=1S/C15H23NO3S/c1-11(17)12(2)20-10-15(16-3,14(18)19-4)13-8-6-5-7-9-13/h5-9,11-12,16-17H,10H2,1-4H3. The highest BCUT2D eigenvalue weighted by Crippen LogP contribution is 2.29. The average Bonchev–Trinajstić information content (AvgIpc) is 2.48. The smallest absolute Gasteiger partial charge is 0.331 e. The molecular formula is C15H23NO3S. The van der Waals surface area contributed by atoms with Crippen molar-refractivity contribution in [3.05, 3.63) is 35.9 Å². The first-order chi connectivity index (χ1) is 9.47. The molecule has 0 saturated heterocycles. The van der Waals surface area contributed by atoms with Gasteiger partial charge in [-0.3, -0.25) is 0 Å². The van der Waals surface area contributed by atoms with Crippen molar-refractivity contribution in [1.29, 1.82) is 0 Å². The zero-order valence-corrected chi connectivity index (χ0v) is 13.2. The van der Waals surface area contributed by atoms with Crippen molar-refractivity contribution in [3.8, 4) is 0 Å². The molecule has 0 aromatic heterocycles. The zero-order valence-electron chi connectivity index (χ0n) is 12.4. The number of aliphatic hydroxyl groups excluding tert-OH is 1. The summed E-state index contributed by atoms with van der Waals surface area (Å²) in [5, 5.41) is 12.7. The Hall–Kier alpha value is -1.04. The van der Waals surface area contributed by atoms with Gasteiger partial charge >= 0.3 is 5.97 Å². The van der Waals surface area contributed by atoms with E-state index in [0.29, 0.717) is 5.75 Å². The maximum absolute atomic E-state index is 12.3. The summed E-state index contributed by atoms with van der Waals surface area (Å²) in [5.41, 5.74) is -0.0382. The SMILES string of the molecule is CNC(CSC(C)C(C)O)(C(=O)OC)c1ccccc1. The first-order valence-electron chi connectivity index (χ1n) is 6.60. The third-order valence-corrected chi connectivity index (χ3v) is 4.99. The Morgan fingerprint density at radius 3 is 2.45 bits per heavy atom. The maximum Gasteiger partial charge on any atom is 0.331 e. The second kappa shape index (κ2) is 7.67. The second-order valence-corrected chi connectivity index (χ2v) is 6.14. The fourth-order valence-corrected chi connectivity index (χ4v) is 3.09. The molecule has 112 valence electrons. The maximum atomic E-state index is 12.3. The summed E-state index contributed by atoms with van der Waals surface area (Å²) in [6.07, 6.45) is -0.428. The highest BCUT2D eigenvalue weighted by atomic mass is 32.2. The van der Waals surface area contributed by atoms with Crippen LogP contribution >= 0.6 is 11.8 Å². The van der Waals surface area contributed by atoms with Crippen molar-refractivity contribution >= 4 is 17.7 Å². The zero-order chi connectivity index (χ0) is 15.2. The van der Waals surface area contributed by atoms with Gasteiger partial charge in [0.25, 0.3) is 0 Å². The van der Waals surface area contributed by atoms with Crippen LogP contribution < -0.4 is 5.32 Å². The highest BCUT2D eigenvalue weighted by Gasteiger charge is 2.40. The number of benzene rings is 1. The van der Waals surface area contributed by atoms with Gasteiger partial charge in [0.05, 0.1) is 13.2 Å². The minimum atomic E-state index is -0.899. The molecule has 1 aromatic carbocycles. The third kappa shape index (κ3) is 3.75. The number of aliphatic hydroxyl groups is 1. The molecule has 0 aliphatic carbocycles. The molecule has 20 heavy (non-hydrogen) atoms. The normalized spacial score (nSPS) is 17.1. The Morgan fingerprint density at radius 2 is 2.00 bits per heavy atom. The number of ether oxygens (including phenoxy) is 1. The Morgan fingerprint density at radius 1 is 1.40 bits per heavy atom. The molecule has 0 heterocycles. The van der Waals surface area contributed by atoms with E-state index in [1.807, 2.05) is 37.3 Å². The van der Waals surface area contributed by atoms with Gasteiger partial charge < -0.3 is 15.2 Å². The minimum Gasteiger partial charge on any atom is -0.467 e. The molecule has 1 aromatic rings. The van der Waals surface area contributed by atoms with E-state index >= 15 is 0 Å². The number of carbonyl (C=O) groups excluding carboxylic acids is 1. The molecule has 3 atom stereocenters. The van der Waals surface area contributed by atoms with Crippen molar-refractivity contribution in [3.63, 3.8) is 0 Å². The lowest BCUT2D eigenvalue weighted by Gasteiger charge is -2.32. The Kier molecular flexibility index (Phi) is 6.52. The van der Waals surface area contributed by atoms with Crippen LogP contribution in [-0.4, -0.2) is 42.3 Å². The minimum absolute atomic E-state index is 0.0380. The fraction of sp³-hybridized carbons (Fsp3) is 0.533. The molecule has 0 amide bonds. The molecule has 2 N–H and O–H groups in total. The summed E-state index contributed by atoms with van der Waals surface area (Å²) in [5.74, 6) is 0.170. The number of esters is 1. The Balaban J connectivity index is 3.04. The number of thioether (sulfide) groups is 1. The van der Waals surface area contributed by atoms with Crippen LogP contribution in [-0.2, 0) is 15.1 Å². The average molecular weight is 297 g/mol. The molecule has 0 fully saturated rings. The van der Waals surface area contributed by atoms with Gasteiger partial charge in [0.1, 0.15) is 0 Å². The summed E-state index contributed by atoms with van der Waals surface area (Å²) in [6.45, 7) is 3.69. The largest absolute Gasteiger partial charge is 0.467 e. The van der Waals surface area contributed by atoms with Gasteiger partial charge in [0, 0.05) is 11.0 Å². The number of hydrogen-bond donors (Lipinski definition) is 2. The lowest BCUT2D eigenvalue weighted by molar-refractivity contribution is -0.147. The van der Waals surface area contributed by atoms with Crippen molar-refractivity contribution in [2.45, 2.75) is 30.7 Å². The summed E-state index contributed by atoms with van der Waals surface area (Å²) in [6, 6.07) is 9.51. The highest BCUT2D eigenvalue weighted by molar-refractivity contribution is 8.00. The van der Waals surface area contributed by atoms with E-state index in [9.17, 15) is 9.90 Å². The van der Waals surface area contributed by atoms with Crippen LogP contribution in [0, 0.1) is 0 Å². The van der Waals surface area contributed by atoms with Gasteiger partial charge in [-0.25, -0.2) is 4.79 Å². The van der Waals surface area contributed by atoms with Crippen LogP contribution in [0.25, 0.3) is 0 Å². The van der Waals surface area contributed by atoms with Crippen LogP contribution in [0.4, 0.5) is 0 Å². The van der Waals surface area contributed by atoms with Crippen LogP contribution in [0.3, 0.4) is 0 Å². The van der Waals surface area contributed by atoms with Crippen LogP contribution in [0.15, 0.2) is 30.3 Å². The van der Waals surface area contributed by atoms with Crippen LogP contribution in [0.1, 0.15) is 19.4 Å². The van der Waals surface area contributed by atoms with Crippen LogP contribution in [0.2, 0.25) is 0 Å². The molecule has 5 heteroatoms. The van der Waals surface area contributed by atoms with E-state index < -0.39 is 11.6 Å². The molecule has 4 nitrogen and oxygen atoms in total. The third-order valence-electron chi connectivity index (χ3n) is 3.47. The van der Waals surface area contributed by atoms with E-state index in [1.54, 1.807) is 25.7 Å². The lowest BCUT2D eigenvalue weighted by Crippen LogP contribution is -2.50. The van der Waals surface area contributed by atoms with E-state index in [1.165, 1.54) is 7.11 Å². The van der Waals surface area contributed by atoms with Crippen molar-refractivity contribution < 1.29 is 14.6 Å². The van der Waals surface area contributed by atoms with E-state index in [-0.39, 0.29) is 11.2 Å². The van der Waals surface area contributed by atoms with Gasteiger partial charge in [-0.05, 0) is 19.5 Å². The van der Waals surface area contributed by atoms with Crippen LogP contribution in [0.5, 0.6) is 0 Å². The Labute approximate surface area is 124 Å². The van der Waals surface area contributed by atoms with Crippen molar-refractivity contribution in [2.75, 3.05) is 19.9 Å². The summed E-state index contributed by atoms with van der Waals surface area (Å²) in [7, 11) is 3.14.